The first-order valence-corrected chi connectivity index (χ1v) is 6.81. The quantitative estimate of drug-likeness (QED) is 0.620. The molecule has 0 radical (unpaired) electrons. The maximum absolute atomic E-state index is 5.92. The molecule has 0 aliphatic carbocycles. The summed E-state index contributed by atoms with van der Waals surface area (Å²) in [4.78, 5) is 0. The summed E-state index contributed by atoms with van der Waals surface area (Å²) in [5.41, 5.74) is 0. The van der Waals surface area contributed by atoms with Crippen molar-refractivity contribution < 1.29 is 4.42 Å². The molecule has 0 bridgehead atoms. The lowest BCUT2D eigenvalue weighted by molar-refractivity contribution is 0.530. The highest BCUT2D eigenvalue weighted by Crippen LogP contribution is 2.37. The van der Waals surface area contributed by atoms with Gasteiger partial charge in [-0.05, 0) is 12.1 Å². The van der Waals surface area contributed by atoms with Gasteiger partial charge in [-0.2, -0.15) is 0 Å². The Bertz CT molecular complexity index is 406. The zero-order valence-corrected chi connectivity index (χ0v) is 12.2. The number of thioether (sulfide) groups is 1. The molecule has 0 saturated carbocycles. The van der Waals surface area contributed by atoms with Crippen LogP contribution < -0.4 is 0 Å². The molecule has 0 N–H and O–H groups in total. The van der Waals surface area contributed by atoms with Crippen LogP contribution in [0.4, 0.5) is 0 Å². The van der Waals surface area contributed by atoms with Crippen LogP contribution in [0.5, 0.6) is 0 Å². The van der Waals surface area contributed by atoms with Crippen molar-refractivity contribution in [3.8, 4) is 0 Å². The van der Waals surface area contributed by atoms with Gasteiger partial charge in [0.25, 0.3) is 0 Å². The molecule has 0 unspecified atom stereocenters. The number of allylic oxidation sites excluding steroid dienone is 2. The zero-order valence-electron chi connectivity index (χ0n) is 7.65. The second-order valence-electron chi connectivity index (χ2n) is 2.53. The minimum Gasteiger partial charge on any atom is -0.468 e. The molecule has 1 aromatic rings. The number of halogens is 5. The van der Waals surface area contributed by atoms with Crippen LogP contribution in [0.25, 0.3) is 0 Å². The number of furan rings is 1. The molecule has 0 atom stereocenters. The Hall–Kier alpha value is 0.560. The summed E-state index contributed by atoms with van der Waals surface area (Å²) in [5.74, 6) is 1.33. The van der Waals surface area contributed by atoms with E-state index in [1.807, 2.05) is 6.07 Å². The average Bonchev–Trinajstić information content (AvgIpc) is 2.76. The van der Waals surface area contributed by atoms with Crippen molar-refractivity contribution in [1.82, 2.24) is 0 Å². The van der Waals surface area contributed by atoms with E-state index in [0.29, 0.717) is 10.1 Å². The van der Waals surface area contributed by atoms with Crippen LogP contribution in [-0.4, -0.2) is 0 Å². The first kappa shape index (κ1) is 14.6. The zero-order chi connectivity index (χ0) is 12.1. The van der Waals surface area contributed by atoms with E-state index >= 15 is 0 Å². The van der Waals surface area contributed by atoms with Gasteiger partial charge in [0.2, 0.25) is 0 Å². The first-order chi connectivity index (χ1) is 7.52. The Labute approximate surface area is 122 Å². The van der Waals surface area contributed by atoms with Gasteiger partial charge in [-0.15, -0.1) is 11.8 Å². The van der Waals surface area contributed by atoms with Gasteiger partial charge in [-0.25, -0.2) is 0 Å². The van der Waals surface area contributed by atoms with Crippen LogP contribution in [0, 0.1) is 0 Å². The van der Waals surface area contributed by atoms with E-state index in [-0.39, 0.29) is 14.6 Å². The van der Waals surface area contributed by atoms with Crippen LogP contribution in [0.1, 0.15) is 5.76 Å². The van der Waals surface area contributed by atoms with Crippen molar-refractivity contribution >= 4 is 69.8 Å². The maximum atomic E-state index is 5.92. The van der Waals surface area contributed by atoms with Crippen LogP contribution in [0.2, 0.25) is 0 Å². The molecule has 0 aliphatic rings. The highest BCUT2D eigenvalue weighted by atomic mass is 35.5. The smallest absolute Gasteiger partial charge is 0.127 e. The minimum absolute atomic E-state index is 0.0296. The SMILES string of the molecule is ClC(Cl)=C(Cl)/C(Cl)=C(/Cl)SCc1ccco1. The fourth-order valence-corrected chi connectivity index (χ4v) is 2.42. The first-order valence-electron chi connectivity index (χ1n) is 3.94. The summed E-state index contributed by atoms with van der Waals surface area (Å²) >= 11 is 29.7. The number of hydrogen-bond acceptors (Lipinski definition) is 2. The van der Waals surface area contributed by atoms with Crippen LogP contribution in [0.15, 0.2) is 41.7 Å². The monoisotopic (exact) mass is 336 g/mol. The molecule has 7 heteroatoms. The fourth-order valence-electron chi connectivity index (χ4n) is 0.762. The molecular formula is C9H5Cl5OS. The van der Waals surface area contributed by atoms with E-state index in [9.17, 15) is 0 Å². The van der Waals surface area contributed by atoms with Crippen LogP contribution >= 0.6 is 69.8 Å². The Kier molecular flexibility index (Phi) is 6.48. The summed E-state index contributed by atoms with van der Waals surface area (Å²) < 4.78 is 5.31. The number of hydrogen-bond donors (Lipinski definition) is 0. The molecule has 0 saturated heterocycles. The number of rotatable bonds is 4. The Balaban J connectivity index is 2.67. The molecule has 1 heterocycles. The maximum Gasteiger partial charge on any atom is 0.127 e. The van der Waals surface area contributed by atoms with Crippen molar-refractivity contribution in [2.45, 2.75) is 5.75 Å². The van der Waals surface area contributed by atoms with Gasteiger partial charge in [0.05, 0.1) is 26.4 Å². The van der Waals surface area contributed by atoms with E-state index in [0.717, 1.165) is 5.76 Å². The molecule has 1 aromatic heterocycles. The largest absolute Gasteiger partial charge is 0.468 e. The second kappa shape index (κ2) is 7.10. The van der Waals surface area contributed by atoms with Crippen molar-refractivity contribution in [2.75, 3.05) is 0 Å². The van der Waals surface area contributed by atoms with Crippen LogP contribution in [0.3, 0.4) is 0 Å². The summed E-state index contributed by atoms with van der Waals surface area (Å²) in [7, 11) is 0. The summed E-state index contributed by atoms with van der Waals surface area (Å²) in [6, 6.07) is 3.62. The predicted octanol–water partition coefficient (Wildman–Crippen LogP) is 6.05. The molecule has 0 aliphatic heterocycles. The Morgan fingerprint density at radius 2 is 1.81 bits per heavy atom. The van der Waals surface area contributed by atoms with Gasteiger partial charge in [-0.3, -0.25) is 0 Å². The second-order valence-corrected chi connectivity index (χ2v) is 5.82. The molecule has 16 heavy (non-hydrogen) atoms. The van der Waals surface area contributed by atoms with Crippen molar-refractivity contribution in [3.05, 3.63) is 43.1 Å². The molecular weight excluding hydrogens is 333 g/mol. The third-order valence-electron chi connectivity index (χ3n) is 1.45. The molecule has 0 fully saturated rings. The van der Waals surface area contributed by atoms with E-state index in [4.69, 9.17) is 62.4 Å². The van der Waals surface area contributed by atoms with Gasteiger partial charge in [0, 0.05) is 0 Å². The lowest BCUT2D eigenvalue weighted by atomic mass is 10.5. The highest BCUT2D eigenvalue weighted by Gasteiger charge is 2.10. The fraction of sp³-hybridized carbons (Fsp3) is 0.111. The molecule has 1 nitrogen and oxygen atoms in total. The normalized spacial score (nSPS) is 12.3. The Morgan fingerprint density at radius 3 is 2.31 bits per heavy atom. The molecule has 1 rings (SSSR count). The molecule has 0 aromatic carbocycles. The standard InChI is InChI=1S/C9H5Cl5OS/c10-6(8(12)13)7(11)9(14)16-4-5-2-1-3-15-5/h1-3H,4H2/b9-7+. The third kappa shape index (κ3) is 4.44. The topological polar surface area (TPSA) is 13.1 Å². The van der Waals surface area contributed by atoms with E-state index in [1.165, 1.54) is 11.8 Å². The van der Waals surface area contributed by atoms with E-state index in [2.05, 4.69) is 0 Å². The van der Waals surface area contributed by atoms with Crippen LogP contribution in [-0.2, 0) is 5.75 Å². The van der Waals surface area contributed by atoms with Crippen molar-refractivity contribution in [1.29, 1.82) is 0 Å². The van der Waals surface area contributed by atoms with Crippen molar-refractivity contribution in [2.24, 2.45) is 0 Å². The molecule has 0 amide bonds. The summed E-state index contributed by atoms with van der Waals surface area (Å²) in [6.45, 7) is 0. The highest BCUT2D eigenvalue weighted by molar-refractivity contribution is 8.03. The van der Waals surface area contributed by atoms with E-state index < -0.39 is 0 Å². The minimum atomic E-state index is -0.122. The van der Waals surface area contributed by atoms with Gasteiger partial charge in [0.1, 0.15) is 10.3 Å². The summed E-state index contributed by atoms with van der Waals surface area (Å²) in [6.07, 6.45) is 1.58. The predicted molar refractivity (Wildman–Crippen MR) is 73.3 cm³/mol. The molecule has 88 valence electrons. The third-order valence-corrected chi connectivity index (χ3v) is 4.49. The van der Waals surface area contributed by atoms with Gasteiger partial charge in [-0.1, -0.05) is 58.0 Å². The van der Waals surface area contributed by atoms with Crippen molar-refractivity contribution in [3.63, 3.8) is 0 Å². The van der Waals surface area contributed by atoms with Gasteiger partial charge >= 0.3 is 0 Å². The lowest BCUT2D eigenvalue weighted by Crippen LogP contribution is -1.79. The lowest BCUT2D eigenvalue weighted by Gasteiger charge is -2.01. The van der Waals surface area contributed by atoms with Gasteiger partial charge < -0.3 is 4.42 Å². The molecule has 0 spiro atoms. The van der Waals surface area contributed by atoms with E-state index in [1.54, 1.807) is 12.3 Å². The summed E-state index contributed by atoms with van der Waals surface area (Å²) in [5, 5.41) is 0.154. The Morgan fingerprint density at radius 1 is 1.12 bits per heavy atom. The average molecular weight is 338 g/mol. The van der Waals surface area contributed by atoms with Gasteiger partial charge in [0.15, 0.2) is 0 Å².